The summed E-state index contributed by atoms with van der Waals surface area (Å²) in [4.78, 5) is 0. The fraction of sp³-hybridized carbons (Fsp3) is 0. The Labute approximate surface area is 70.0 Å². The van der Waals surface area contributed by atoms with Crippen LogP contribution in [0.1, 0.15) is 0 Å². The van der Waals surface area contributed by atoms with Crippen molar-refractivity contribution < 1.29 is 59.8 Å². The van der Waals surface area contributed by atoms with Crippen molar-refractivity contribution in [1.82, 2.24) is 0 Å². The van der Waals surface area contributed by atoms with Gasteiger partial charge in [-0.15, -0.1) is 0 Å². The quantitative estimate of drug-likeness (QED) is 0.507. The second-order valence-corrected chi connectivity index (χ2v) is 0. The van der Waals surface area contributed by atoms with E-state index >= 15 is 0 Å². The van der Waals surface area contributed by atoms with Gasteiger partial charge in [-0.25, -0.2) is 0 Å². The van der Waals surface area contributed by atoms with Crippen LogP contribution in [0.15, 0.2) is 0 Å². The monoisotopic (exact) mass is 239 g/mol. The smallest absolute Gasteiger partial charge is 0 e. The molecular formula is CuNiSiZr. The molecule has 0 atom stereocenters. The van der Waals surface area contributed by atoms with E-state index in [0.717, 1.165) is 0 Å². The minimum Gasteiger partial charge on any atom is 0 e. The molecule has 0 bridgehead atoms. The van der Waals surface area contributed by atoms with Crippen molar-refractivity contribution in [2.75, 3.05) is 0 Å². The maximum Gasteiger partial charge on any atom is 0 e. The van der Waals surface area contributed by atoms with Crippen LogP contribution in [0.2, 0.25) is 0 Å². The van der Waals surface area contributed by atoms with E-state index in [9.17, 15) is 0 Å². The van der Waals surface area contributed by atoms with Gasteiger partial charge in [0.05, 0.1) is 0 Å². The Morgan fingerprint density at radius 1 is 1.00 bits per heavy atom. The van der Waals surface area contributed by atoms with Gasteiger partial charge in [0.1, 0.15) is 0 Å². The molecule has 5 radical (unpaired) electrons. The fourth-order valence-corrected chi connectivity index (χ4v) is 0. The summed E-state index contributed by atoms with van der Waals surface area (Å²) in [5, 5.41) is 0. The summed E-state index contributed by atoms with van der Waals surface area (Å²) in [6.07, 6.45) is 0. The first-order chi connectivity index (χ1) is 0. The van der Waals surface area contributed by atoms with Crippen LogP contribution in [-0.4, -0.2) is 11.0 Å². The van der Waals surface area contributed by atoms with Crippen molar-refractivity contribution in [3.8, 4) is 0 Å². The molecule has 0 saturated heterocycles. The number of hydrogen-bond donors (Lipinski definition) is 0. The second-order valence-electron chi connectivity index (χ2n) is 0. The zero-order valence-corrected chi connectivity index (χ0v) is 7.01. The van der Waals surface area contributed by atoms with E-state index in [1.54, 1.807) is 0 Å². The Kier molecular flexibility index (Phi) is 173. The summed E-state index contributed by atoms with van der Waals surface area (Å²) in [5.41, 5.74) is 0. The molecule has 0 rings (SSSR count). The van der Waals surface area contributed by atoms with Crippen LogP contribution in [0, 0.1) is 0 Å². The molecule has 29 valence electrons. The molecule has 0 aliphatic rings. The van der Waals surface area contributed by atoms with Crippen molar-refractivity contribution in [2.45, 2.75) is 0 Å². The zero-order chi connectivity index (χ0) is 0. The van der Waals surface area contributed by atoms with E-state index in [2.05, 4.69) is 0 Å². The third-order valence-electron chi connectivity index (χ3n) is 0. The van der Waals surface area contributed by atoms with E-state index in [0.29, 0.717) is 0 Å². The van der Waals surface area contributed by atoms with Crippen molar-refractivity contribution in [3.63, 3.8) is 0 Å². The van der Waals surface area contributed by atoms with E-state index in [1.807, 2.05) is 0 Å². The first kappa shape index (κ1) is 35.8. The third-order valence-corrected chi connectivity index (χ3v) is 0. The average molecular weight is 242 g/mol. The molecule has 4 heteroatoms. The van der Waals surface area contributed by atoms with Crippen LogP contribution in [0.25, 0.3) is 0 Å². The molecule has 0 heterocycles. The van der Waals surface area contributed by atoms with Crippen molar-refractivity contribution in [1.29, 1.82) is 0 Å². The van der Waals surface area contributed by atoms with Crippen LogP contribution in [0.3, 0.4) is 0 Å². The van der Waals surface area contributed by atoms with Gasteiger partial charge < -0.3 is 0 Å². The largest absolute Gasteiger partial charge is 0 e. The topological polar surface area (TPSA) is 0 Å². The van der Waals surface area contributed by atoms with Gasteiger partial charge in [-0.2, -0.15) is 0 Å². The van der Waals surface area contributed by atoms with Gasteiger partial charge in [-0.05, 0) is 0 Å². The molecule has 0 aromatic carbocycles. The van der Waals surface area contributed by atoms with Gasteiger partial charge in [0, 0.05) is 70.7 Å². The van der Waals surface area contributed by atoms with Crippen molar-refractivity contribution >= 4 is 11.0 Å². The van der Waals surface area contributed by atoms with E-state index in [1.165, 1.54) is 0 Å². The Balaban J connectivity index is 0. The van der Waals surface area contributed by atoms with Crippen LogP contribution in [0.4, 0.5) is 0 Å². The van der Waals surface area contributed by atoms with Crippen LogP contribution in [0.5, 0.6) is 0 Å². The van der Waals surface area contributed by atoms with Gasteiger partial charge in [0.15, 0.2) is 0 Å². The van der Waals surface area contributed by atoms with Crippen LogP contribution >= 0.6 is 0 Å². The predicted octanol–water partition coefficient (Wildman–Crippen LogP) is -0.388. The molecule has 0 amide bonds. The van der Waals surface area contributed by atoms with Gasteiger partial charge in [0.25, 0.3) is 0 Å². The summed E-state index contributed by atoms with van der Waals surface area (Å²) in [5.74, 6) is 0. The van der Waals surface area contributed by atoms with Gasteiger partial charge in [-0.1, -0.05) is 0 Å². The summed E-state index contributed by atoms with van der Waals surface area (Å²) >= 11 is 0. The molecule has 4 heavy (non-hydrogen) atoms. The molecule has 0 saturated carbocycles. The molecule has 0 N–H and O–H groups in total. The van der Waals surface area contributed by atoms with Crippen molar-refractivity contribution in [2.24, 2.45) is 0 Å². The first-order valence-corrected chi connectivity index (χ1v) is 0. The number of rotatable bonds is 0. The molecule has 0 aromatic heterocycles. The summed E-state index contributed by atoms with van der Waals surface area (Å²) < 4.78 is 0. The Bertz CT molecular complexity index is 8.00. The Morgan fingerprint density at radius 2 is 1.00 bits per heavy atom. The molecule has 0 fully saturated rings. The maximum atomic E-state index is 0. The maximum absolute atomic E-state index is 0. The summed E-state index contributed by atoms with van der Waals surface area (Å²) in [6, 6.07) is 0. The first-order valence-electron chi connectivity index (χ1n) is 0. The molecule has 0 unspecified atom stereocenters. The molecule has 0 aliphatic carbocycles. The van der Waals surface area contributed by atoms with E-state index < -0.39 is 0 Å². The predicted molar refractivity (Wildman–Crippen MR) is 5.75 cm³/mol. The molecule has 0 spiro atoms. The minimum atomic E-state index is 0. The van der Waals surface area contributed by atoms with Crippen LogP contribution in [-0.2, 0) is 59.8 Å². The minimum absolute atomic E-state index is 0. The SMILES string of the molecule is [Cu].[Ni].[Si].[Zr]. The summed E-state index contributed by atoms with van der Waals surface area (Å²) in [7, 11) is 0. The van der Waals surface area contributed by atoms with Gasteiger partial charge >= 0.3 is 0 Å². The Morgan fingerprint density at radius 3 is 1.00 bits per heavy atom. The molecule has 0 nitrogen and oxygen atoms in total. The Hall–Kier alpha value is 2.11. The standard InChI is InChI=1S/Cu.Ni.Si.Zr. The number of hydrogen-bond acceptors (Lipinski definition) is 0. The average Bonchev–Trinajstić information content (AvgIpc) is 0. The summed E-state index contributed by atoms with van der Waals surface area (Å²) in [6.45, 7) is 0. The molecular weight excluding hydrogens is 242 g/mol. The molecule has 0 aromatic rings. The van der Waals surface area contributed by atoms with Crippen molar-refractivity contribution in [3.05, 3.63) is 0 Å². The second kappa shape index (κ2) is 19.4. The fourth-order valence-electron chi connectivity index (χ4n) is 0. The van der Waals surface area contributed by atoms with Gasteiger partial charge in [0.2, 0.25) is 0 Å². The van der Waals surface area contributed by atoms with E-state index in [-0.39, 0.29) is 70.7 Å². The van der Waals surface area contributed by atoms with E-state index in [4.69, 9.17) is 0 Å². The molecule has 0 aliphatic heterocycles. The van der Waals surface area contributed by atoms with Crippen LogP contribution < -0.4 is 0 Å². The zero-order valence-electron chi connectivity index (χ0n) is 1.62. The third kappa shape index (κ3) is 8.93. The van der Waals surface area contributed by atoms with Gasteiger partial charge in [-0.3, -0.25) is 0 Å². The normalized spacial score (nSPS) is 0.